The van der Waals surface area contributed by atoms with Gasteiger partial charge in [0.25, 0.3) is 0 Å². The molecule has 17 nitrogen and oxygen atoms in total. The van der Waals surface area contributed by atoms with Crippen LogP contribution in [0, 0.1) is 0 Å². The third kappa shape index (κ3) is 10.7. The van der Waals surface area contributed by atoms with E-state index in [0.717, 1.165) is 6.92 Å². The number of alkyl halides is 3. The van der Waals surface area contributed by atoms with Crippen molar-refractivity contribution in [3.05, 3.63) is 0 Å². The first kappa shape index (κ1) is 36.4. The topological polar surface area (TPSA) is 266 Å². The second-order valence-electron chi connectivity index (χ2n) is 9.37. The highest BCUT2D eigenvalue weighted by atomic mass is 32.3. The molecule has 0 aliphatic carbocycles. The summed E-state index contributed by atoms with van der Waals surface area (Å²) in [6, 6.07) is -1.54. The Kier molecular flexibility index (Phi) is 13.7. The summed E-state index contributed by atoms with van der Waals surface area (Å²) in [6.07, 6.45) is -20.1. The number of aliphatic hydroxyl groups is 5. The molecule has 21 heteroatoms. The third-order valence-electron chi connectivity index (χ3n) is 6.14. The zero-order chi connectivity index (χ0) is 31.8. The first-order chi connectivity index (χ1) is 19.5. The number of ether oxygens (including phenoxy) is 4. The summed E-state index contributed by atoms with van der Waals surface area (Å²) in [6.45, 7) is -1.25. The number of hydrogen-bond acceptors (Lipinski definition) is 15. The minimum atomic E-state index is -5.05. The van der Waals surface area contributed by atoms with Crippen molar-refractivity contribution in [3.63, 3.8) is 0 Å². The molecule has 42 heavy (non-hydrogen) atoms. The van der Waals surface area contributed by atoms with Crippen LogP contribution in [0.15, 0.2) is 4.99 Å². The number of carbonyl (C=O) groups excluding carboxylic acids is 1. The van der Waals surface area contributed by atoms with Gasteiger partial charge in [0.2, 0.25) is 0 Å². The minimum absolute atomic E-state index is 0.139. The van der Waals surface area contributed by atoms with Crippen LogP contribution in [0.1, 0.15) is 26.2 Å². The van der Waals surface area contributed by atoms with Crippen molar-refractivity contribution in [1.82, 2.24) is 5.32 Å². The predicted octanol–water partition coefficient (Wildman–Crippen LogP) is -3.91. The number of carbonyl (C=O) groups is 1. The fourth-order valence-corrected chi connectivity index (χ4v) is 4.39. The van der Waals surface area contributed by atoms with Crippen molar-refractivity contribution in [2.24, 2.45) is 4.99 Å². The number of aliphatic hydroxyl groups excluding tert-OH is 5. The van der Waals surface area contributed by atoms with Gasteiger partial charge in [0.15, 0.2) is 12.6 Å². The van der Waals surface area contributed by atoms with Gasteiger partial charge in [0, 0.05) is 13.2 Å². The van der Waals surface area contributed by atoms with Crippen LogP contribution in [0.3, 0.4) is 0 Å². The molecule has 7 N–H and O–H groups in total. The van der Waals surface area contributed by atoms with Crippen LogP contribution in [0.2, 0.25) is 0 Å². The molecule has 0 unspecified atom stereocenters. The lowest BCUT2D eigenvalue weighted by molar-refractivity contribution is -0.346. The molecule has 2 fully saturated rings. The maximum Gasteiger partial charge on any atom is 0.471 e. The van der Waals surface area contributed by atoms with Crippen LogP contribution in [0.25, 0.3) is 0 Å². The zero-order valence-electron chi connectivity index (χ0n) is 22.1. The second-order valence-corrected chi connectivity index (χ2v) is 10.5. The number of unbranched alkanes of at least 4 members (excludes halogenated alkanes) is 2. The Morgan fingerprint density at radius 3 is 2.21 bits per heavy atom. The minimum Gasteiger partial charge on any atom is -0.862 e. The molecular weight excluding hydrogens is 609 g/mol. The summed E-state index contributed by atoms with van der Waals surface area (Å²) in [7, 11) is -5.05. The lowest BCUT2D eigenvalue weighted by Crippen LogP contribution is -2.64. The van der Waals surface area contributed by atoms with Gasteiger partial charge in [0.05, 0.1) is 13.2 Å². The van der Waals surface area contributed by atoms with Gasteiger partial charge < -0.3 is 54.9 Å². The summed E-state index contributed by atoms with van der Waals surface area (Å²) in [5.74, 6) is -2.90. The quantitative estimate of drug-likeness (QED) is 0.0413. The number of nitrogens with one attached hydrogen (secondary N) is 1. The van der Waals surface area contributed by atoms with E-state index >= 15 is 0 Å². The SMILES string of the molecule is CC([O-])=N[C@H]1[C@H](OCCCCCNC(=O)C(F)(F)F)O[C@H](COS(=O)(=O)O)[C@@H](O[C@@H]2O[C@H](CO)[C@H](O)[C@H](O)[C@H]2O)[C@@H]1O. The van der Waals surface area contributed by atoms with Crippen LogP contribution in [0.4, 0.5) is 13.2 Å². The fourth-order valence-electron chi connectivity index (χ4n) is 4.09. The van der Waals surface area contributed by atoms with E-state index < -0.39 is 103 Å². The monoisotopic (exact) mass is 643 g/mol. The van der Waals surface area contributed by atoms with Gasteiger partial charge >= 0.3 is 22.5 Å². The molecule has 0 aromatic carbocycles. The van der Waals surface area contributed by atoms with Crippen molar-refractivity contribution in [3.8, 4) is 0 Å². The molecule has 0 saturated carbocycles. The molecule has 2 saturated heterocycles. The van der Waals surface area contributed by atoms with Crippen LogP contribution in [-0.2, 0) is 38.3 Å². The summed E-state index contributed by atoms with van der Waals surface area (Å²) in [5, 5.41) is 64.3. The Morgan fingerprint density at radius 1 is 1.00 bits per heavy atom. The van der Waals surface area contributed by atoms with E-state index in [0.29, 0.717) is 0 Å². The highest BCUT2D eigenvalue weighted by Gasteiger charge is 2.51. The summed E-state index contributed by atoms with van der Waals surface area (Å²) in [4.78, 5) is 14.5. The Morgan fingerprint density at radius 2 is 1.64 bits per heavy atom. The van der Waals surface area contributed by atoms with E-state index in [9.17, 15) is 57.0 Å². The normalized spacial score (nSPS) is 34.8. The van der Waals surface area contributed by atoms with E-state index in [-0.39, 0.29) is 32.4 Å². The number of hydrogen-bond donors (Lipinski definition) is 7. The van der Waals surface area contributed by atoms with Gasteiger partial charge in [-0.25, -0.2) is 4.18 Å². The highest BCUT2D eigenvalue weighted by Crippen LogP contribution is 2.31. The average molecular weight is 644 g/mol. The van der Waals surface area contributed by atoms with Gasteiger partial charge in [0.1, 0.15) is 48.8 Å². The van der Waals surface area contributed by atoms with Gasteiger partial charge in [-0.1, -0.05) is 0 Å². The molecular formula is C21H34F3N2O15S-. The zero-order valence-corrected chi connectivity index (χ0v) is 22.9. The van der Waals surface area contributed by atoms with E-state index in [4.69, 9.17) is 23.5 Å². The molecule has 0 aromatic heterocycles. The molecule has 2 rings (SSSR count). The Hall–Kier alpha value is -1.76. The first-order valence-corrected chi connectivity index (χ1v) is 13.9. The van der Waals surface area contributed by atoms with Crippen LogP contribution in [-0.4, -0.2) is 144 Å². The second kappa shape index (κ2) is 15.8. The Bertz CT molecular complexity index is 998. The van der Waals surface area contributed by atoms with Gasteiger partial charge in [-0.2, -0.15) is 21.6 Å². The van der Waals surface area contributed by atoms with E-state index in [1.165, 1.54) is 0 Å². The molecule has 1 amide bonds. The van der Waals surface area contributed by atoms with Crippen molar-refractivity contribution < 1.29 is 84.7 Å². The molecule has 246 valence electrons. The molecule has 0 bridgehead atoms. The van der Waals surface area contributed by atoms with Crippen LogP contribution >= 0.6 is 0 Å². The summed E-state index contributed by atoms with van der Waals surface area (Å²) < 4.78 is 94.3. The molecule has 10 atom stereocenters. The molecule has 2 aliphatic heterocycles. The van der Waals surface area contributed by atoms with Gasteiger partial charge in [-0.3, -0.25) is 14.3 Å². The molecule has 2 heterocycles. The number of nitrogens with zero attached hydrogens (tertiary/aromatic N) is 1. The lowest BCUT2D eigenvalue weighted by Gasteiger charge is -2.46. The molecule has 0 spiro atoms. The predicted molar refractivity (Wildman–Crippen MR) is 127 cm³/mol. The number of halogens is 3. The molecule has 0 aromatic rings. The van der Waals surface area contributed by atoms with Gasteiger partial charge in [-0.15, -0.1) is 0 Å². The number of aliphatic imine (C=N–C) groups is 1. The maximum absolute atomic E-state index is 12.2. The van der Waals surface area contributed by atoms with Crippen LogP contribution in [0.5, 0.6) is 0 Å². The standard InChI is InChI=1S/C21H35F3N2O15S/c1-9(28)26-12-14(30)17(41-19-16(32)15(31)13(29)10(7-27)39-19)11(8-38-42(34,35)36)40-18(12)37-6-4-2-3-5-25-20(33)21(22,23)24/h10-19,27,29-32H,2-8H2,1H3,(H,25,33)(H,26,28)(H,34,35,36)/p-1/t10-,11-,12-,13+,14-,15+,16-,17-,18-,19+/m1/s1. The molecule has 2 aliphatic rings. The highest BCUT2D eigenvalue weighted by molar-refractivity contribution is 7.80. The van der Waals surface area contributed by atoms with Gasteiger partial charge in [-0.05, 0) is 32.1 Å². The Labute approximate surface area is 237 Å². The van der Waals surface area contributed by atoms with E-state index in [2.05, 4.69) is 9.18 Å². The van der Waals surface area contributed by atoms with Crippen molar-refractivity contribution in [2.45, 2.75) is 93.7 Å². The summed E-state index contributed by atoms with van der Waals surface area (Å²) >= 11 is 0. The fraction of sp³-hybridized carbons (Fsp3) is 0.905. The third-order valence-corrected chi connectivity index (χ3v) is 6.57. The first-order valence-electron chi connectivity index (χ1n) is 12.6. The van der Waals surface area contributed by atoms with E-state index in [1.54, 1.807) is 5.32 Å². The lowest BCUT2D eigenvalue weighted by atomic mass is 9.96. The average Bonchev–Trinajstić information content (AvgIpc) is 2.89. The maximum atomic E-state index is 12.2. The van der Waals surface area contributed by atoms with Crippen molar-refractivity contribution in [2.75, 3.05) is 26.4 Å². The molecule has 0 radical (unpaired) electrons. The van der Waals surface area contributed by atoms with Crippen molar-refractivity contribution >= 4 is 22.2 Å². The largest absolute Gasteiger partial charge is 0.862 e. The number of rotatable bonds is 14. The van der Waals surface area contributed by atoms with E-state index in [1.807, 2.05) is 0 Å². The Balaban J connectivity index is 2.13. The smallest absolute Gasteiger partial charge is 0.471 e. The van der Waals surface area contributed by atoms with Crippen molar-refractivity contribution in [1.29, 1.82) is 0 Å². The van der Waals surface area contributed by atoms with Crippen LogP contribution < -0.4 is 10.4 Å². The summed E-state index contributed by atoms with van der Waals surface area (Å²) in [5.41, 5.74) is 0. The number of amides is 1.